The lowest BCUT2D eigenvalue weighted by Crippen LogP contribution is -2.78. The van der Waals surface area contributed by atoms with Crippen molar-refractivity contribution in [3.8, 4) is 0 Å². The van der Waals surface area contributed by atoms with Crippen LogP contribution in [0.3, 0.4) is 0 Å². The first kappa shape index (κ1) is 23.2. The van der Waals surface area contributed by atoms with Crippen LogP contribution in [0.2, 0.25) is 0 Å². The van der Waals surface area contributed by atoms with E-state index in [1.807, 2.05) is 0 Å². The molecule has 4 saturated carbocycles. The van der Waals surface area contributed by atoms with Crippen LogP contribution in [0.15, 0.2) is 0 Å². The van der Waals surface area contributed by atoms with Crippen LogP contribution < -0.4 is 16.1 Å². The van der Waals surface area contributed by atoms with Crippen molar-refractivity contribution in [3.63, 3.8) is 0 Å². The molecule has 2 amide bonds. The summed E-state index contributed by atoms with van der Waals surface area (Å²) in [6, 6.07) is 0.346. The molecule has 5 unspecified atom stereocenters. The van der Waals surface area contributed by atoms with Gasteiger partial charge in [0.2, 0.25) is 11.8 Å². The Morgan fingerprint density at radius 1 is 1.26 bits per heavy atom. The summed E-state index contributed by atoms with van der Waals surface area (Å²) in [5.74, 6) is 0.467. The van der Waals surface area contributed by atoms with Gasteiger partial charge in [0.15, 0.2) is 0 Å². The van der Waals surface area contributed by atoms with Crippen LogP contribution in [-0.4, -0.2) is 60.3 Å². The van der Waals surface area contributed by atoms with Crippen molar-refractivity contribution in [1.82, 2.24) is 16.1 Å². The fourth-order valence-electron chi connectivity index (χ4n) is 5.72. The first-order valence-corrected chi connectivity index (χ1v) is 12.0. The van der Waals surface area contributed by atoms with E-state index >= 15 is 0 Å². The number of halogens is 2. The van der Waals surface area contributed by atoms with Crippen LogP contribution in [0.5, 0.6) is 0 Å². The second-order valence-electron chi connectivity index (χ2n) is 10.5. The smallest absolute Gasteiger partial charge is 0.246 e. The molecule has 0 aromatic rings. The zero-order chi connectivity index (χ0) is 22.2. The average molecular weight is 460 g/mol. The van der Waals surface area contributed by atoms with E-state index in [1.54, 1.807) is 0 Å². The predicted octanol–water partition coefficient (Wildman–Crippen LogP) is 2.36. The summed E-state index contributed by atoms with van der Waals surface area (Å²) in [6.07, 6.45) is 4.12. The molecular formula is C22H35ClFN3O4. The summed E-state index contributed by atoms with van der Waals surface area (Å²) in [5.41, 5.74) is 2.44. The molecule has 31 heavy (non-hydrogen) atoms. The van der Waals surface area contributed by atoms with E-state index < -0.39 is 11.5 Å². The van der Waals surface area contributed by atoms with Gasteiger partial charge in [-0.1, -0.05) is 13.8 Å². The number of hydrogen-bond donors (Lipinski definition) is 3. The molecule has 5 aliphatic rings. The molecule has 9 heteroatoms. The van der Waals surface area contributed by atoms with Gasteiger partial charge in [0, 0.05) is 24.5 Å². The topological polar surface area (TPSA) is 88.7 Å². The molecule has 0 radical (unpaired) electrons. The highest BCUT2D eigenvalue weighted by Crippen LogP contribution is 2.67. The first-order valence-electron chi connectivity index (χ1n) is 11.6. The Morgan fingerprint density at radius 3 is 2.68 bits per heavy atom. The Labute approximate surface area is 188 Å². The molecule has 5 atom stereocenters. The Balaban J connectivity index is 1.11. The number of rotatable bonds is 9. The highest BCUT2D eigenvalue weighted by atomic mass is 35.5. The lowest BCUT2D eigenvalue weighted by Gasteiger charge is -2.69. The lowest BCUT2D eigenvalue weighted by atomic mass is 9.39. The lowest BCUT2D eigenvalue weighted by molar-refractivity contribution is -0.185. The molecule has 0 aromatic carbocycles. The van der Waals surface area contributed by atoms with Gasteiger partial charge in [0.25, 0.3) is 0 Å². The number of hydroxylamine groups is 1. The van der Waals surface area contributed by atoms with Crippen molar-refractivity contribution >= 4 is 23.4 Å². The molecule has 1 saturated heterocycles. The number of alkyl halides is 2. The fourth-order valence-corrected chi connectivity index (χ4v) is 5.95. The number of amides is 2. The molecule has 2 bridgehead atoms. The van der Waals surface area contributed by atoms with Crippen molar-refractivity contribution in [2.45, 2.75) is 101 Å². The van der Waals surface area contributed by atoms with Crippen LogP contribution >= 0.6 is 11.6 Å². The zero-order valence-electron chi connectivity index (χ0n) is 18.4. The van der Waals surface area contributed by atoms with Gasteiger partial charge in [-0.05, 0) is 50.9 Å². The Hall–Kier alpha value is -0.960. The maximum absolute atomic E-state index is 13.7. The van der Waals surface area contributed by atoms with Gasteiger partial charge >= 0.3 is 0 Å². The minimum absolute atomic E-state index is 0.00338. The maximum atomic E-state index is 13.7. The normalized spacial score (nSPS) is 41.4. The Kier molecular flexibility index (Phi) is 6.83. The third-order valence-electron chi connectivity index (χ3n) is 7.21. The van der Waals surface area contributed by atoms with Crippen molar-refractivity contribution in [3.05, 3.63) is 0 Å². The van der Waals surface area contributed by atoms with Gasteiger partial charge in [-0.25, -0.2) is 4.39 Å². The summed E-state index contributed by atoms with van der Waals surface area (Å²) in [7, 11) is 0. The van der Waals surface area contributed by atoms with E-state index in [4.69, 9.17) is 21.2 Å². The highest BCUT2D eigenvalue weighted by Gasteiger charge is 2.72. The molecule has 176 valence electrons. The summed E-state index contributed by atoms with van der Waals surface area (Å²) in [6.45, 7) is 4.81. The van der Waals surface area contributed by atoms with E-state index in [0.717, 1.165) is 12.8 Å². The summed E-state index contributed by atoms with van der Waals surface area (Å²) in [4.78, 5) is 30.5. The number of nitrogens with one attached hydrogen (secondary N) is 3. The van der Waals surface area contributed by atoms with Crippen molar-refractivity contribution in [2.75, 3.05) is 13.2 Å². The van der Waals surface area contributed by atoms with Crippen molar-refractivity contribution < 1.29 is 23.6 Å². The minimum Gasteiger partial charge on any atom is -0.368 e. The van der Waals surface area contributed by atoms with E-state index in [1.165, 1.54) is 0 Å². The second-order valence-corrected chi connectivity index (χ2v) is 11.1. The molecule has 0 aromatic heterocycles. The maximum Gasteiger partial charge on any atom is 0.246 e. The number of carbonyl (C=O) groups is 2. The van der Waals surface area contributed by atoms with Crippen LogP contribution in [0.4, 0.5) is 4.39 Å². The van der Waals surface area contributed by atoms with E-state index in [9.17, 15) is 14.0 Å². The summed E-state index contributed by atoms with van der Waals surface area (Å²) in [5, 5.41) is 5.61. The van der Waals surface area contributed by atoms with Gasteiger partial charge in [-0.2, -0.15) is 5.48 Å². The summed E-state index contributed by atoms with van der Waals surface area (Å²) < 4.78 is 19.3. The van der Waals surface area contributed by atoms with Gasteiger partial charge in [-0.3, -0.25) is 14.4 Å². The summed E-state index contributed by atoms with van der Waals surface area (Å²) >= 11 is 5.88. The predicted molar refractivity (Wildman–Crippen MR) is 114 cm³/mol. The third-order valence-corrected chi connectivity index (χ3v) is 7.70. The van der Waals surface area contributed by atoms with Gasteiger partial charge in [0.1, 0.15) is 12.8 Å². The largest absolute Gasteiger partial charge is 0.368 e. The molecule has 1 heterocycles. The van der Waals surface area contributed by atoms with E-state index in [2.05, 4.69) is 30.0 Å². The number of ether oxygens (including phenoxy) is 1. The molecule has 1 aliphatic heterocycles. The third kappa shape index (κ3) is 5.18. The van der Waals surface area contributed by atoms with Crippen molar-refractivity contribution in [2.24, 2.45) is 11.3 Å². The highest BCUT2D eigenvalue weighted by molar-refractivity contribution is 6.21. The van der Waals surface area contributed by atoms with Gasteiger partial charge < -0.3 is 15.4 Å². The Morgan fingerprint density at radius 2 is 2.00 bits per heavy atom. The van der Waals surface area contributed by atoms with E-state index in [-0.39, 0.29) is 48.0 Å². The molecule has 5 fully saturated rings. The molecular weight excluding hydrogens is 425 g/mol. The van der Waals surface area contributed by atoms with E-state index in [0.29, 0.717) is 50.6 Å². The van der Waals surface area contributed by atoms with Gasteiger partial charge in [0.05, 0.1) is 23.0 Å². The molecule has 3 N–H and O–H groups in total. The quantitative estimate of drug-likeness (QED) is 0.461. The average Bonchev–Trinajstić information content (AvgIpc) is 3.09. The van der Waals surface area contributed by atoms with Crippen LogP contribution in [0.1, 0.15) is 65.2 Å². The Bertz CT molecular complexity index is 674. The van der Waals surface area contributed by atoms with Crippen molar-refractivity contribution in [1.29, 1.82) is 0 Å². The molecule has 4 aliphatic carbocycles. The van der Waals surface area contributed by atoms with Crippen LogP contribution in [0.25, 0.3) is 0 Å². The van der Waals surface area contributed by atoms with Crippen LogP contribution in [0, 0.1) is 11.3 Å². The van der Waals surface area contributed by atoms with Gasteiger partial charge in [-0.15, -0.1) is 11.6 Å². The SMILES string of the molecule is CC(C)CC1CC(CNC(=O)C23CC(NC(=O)COC4CCC(Cl)C(F)C4)(C2)C3)ON1. The van der Waals surface area contributed by atoms with Crippen LogP contribution in [-0.2, 0) is 19.2 Å². The molecule has 5 rings (SSSR count). The zero-order valence-corrected chi connectivity index (χ0v) is 19.2. The molecule has 0 spiro atoms. The monoisotopic (exact) mass is 459 g/mol. The number of hydrogen-bond acceptors (Lipinski definition) is 5. The molecule has 7 nitrogen and oxygen atoms in total. The fraction of sp³-hybridized carbons (Fsp3) is 0.909. The first-order chi connectivity index (χ1) is 14.7. The minimum atomic E-state index is -1.08. The standard InChI is InChI=1S/C22H35ClFN3O4/c1-13(2)5-14-6-16(31-27-14)8-25-20(29)21-10-22(11-21,12-21)26-19(28)9-30-15-3-4-17(23)18(24)7-15/h13-18,27H,3-12H2,1-2H3,(H,25,29)(H,26,28). The second kappa shape index (κ2) is 9.12. The number of carbonyl (C=O) groups excluding carboxylic acids is 2.